The molecule has 0 heterocycles. The molecule has 1 unspecified atom stereocenters. The molecule has 2 aromatic carbocycles. The van der Waals surface area contributed by atoms with Gasteiger partial charge >= 0.3 is 12.1 Å². The summed E-state index contributed by atoms with van der Waals surface area (Å²) in [6, 6.07) is 10.7. The van der Waals surface area contributed by atoms with E-state index >= 15 is 0 Å². The van der Waals surface area contributed by atoms with Crippen molar-refractivity contribution in [3.05, 3.63) is 58.7 Å². The number of amides is 1. The number of halogens is 2. The second kappa shape index (κ2) is 14.6. The Morgan fingerprint density at radius 1 is 1.03 bits per heavy atom. The summed E-state index contributed by atoms with van der Waals surface area (Å²) in [5, 5.41) is 9.25. The maximum atomic E-state index is 13.1. The van der Waals surface area contributed by atoms with Crippen LogP contribution in [0, 0.1) is 20.8 Å². The third-order valence-electron chi connectivity index (χ3n) is 5.53. The number of ether oxygens (including phenoxy) is 4. The van der Waals surface area contributed by atoms with E-state index in [0.717, 1.165) is 29.2 Å². The minimum Gasteiger partial charge on any atom is -0.492 e. The number of carbonyl (C=O) groups excluding carboxylic acids is 1. The molecule has 38 heavy (non-hydrogen) atoms. The first kappa shape index (κ1) is 31.0. The SMILES string of the molecule is CCOC(Cc1ccc(OCCN(CCOCC(C)(F)F)C(=O)Oc2c(C)cc(C)cc2C)cc1)C(=O)O. The van der Waals surface area contributed by atoms with Gasteiger partial charge in [-0.2, -0.15) is 0 Å². The van der Waals surface area contributed by atoms with Crippen molar-refractivity contribution in [2.24, 2.45) is 0 Å². The van der Waals surface area contributed by atoms with Gasteiger partial charge < -0.3 is 29.0 Å². The molecule has 0 saturated carbocycles. The average molecular weight is 538 g/mol. The van der Waals surface area contributed by atoms with Gasteiger partial charge in [0.15, 0.2) is 6.10 Å². The number of aryl methyl sites for hydroxylation is 3. The van der Waals surface area contributed by atoms with E-state index in [2.05, 4.69) is 0 Å². The smallest absolute Gasteiger partial charge is 0.415 e. The second-order valence-corrected chi connectivity index (χ2v) is 9.18. The summed E-state index contributed by atoms with van der Waals surface area (Å²) in [5.74, 6) is -3.02. The number of benzene rings is 2. The molecule has 0 radical (unpaired) electrons. The predicted octanol–water partition coefficient (Wildman–Crippen LogP) is 5.20. The summed E-state index contributed by atoms with van der Waals surface area (Å²) in [7, 11) is 0. The van der Waals surface area contributed by atoms with Crippen molar-refractivity contribution in [1.29, 1.82) is 0 Å². The van der Waals surface area contributed by atoms with E-state index < -0.39 is 30.7 Å². The Bertz CT molecular complexity index is 1030. The van der Waals surface area contributed by atoms with Crippen molar-refractivity contribution in [3.8, 4) is 11.5 Å². The fourth-order valence-corrected chi connectivity index (χ4v) is 3.83. The number of hydrogen-bond acceptors (Lipinski definition) is 6. The van der Waals surface area contributed by atoms with Gasteiger partial charge in [-0.15, -0.1) is 0 Å². The molecule has 0 aromatic heterocycles. The monoisotopic (exact) mass is 537 g/mol. The number of carboxylic acid groups (broad SMARTS) is 1. The van der Waals surface area contributed by atoms with Gasteiger partial charge in [-0.25, -0.2) is 18.4 Å². The normalized spacial score (nSPS) is 12.2. The lowest BCUT2D eigenvalue weighted by molar-refractivity contribution is -0.149. The minimum atomic E-state index is -2.97. The van der Waals surface area contributed by atoms with Gasteiger partial charge in [-0.3, -0.25) is 0 Å². The molecule has 0 saturated heterocycles. The van der Waals surface area contributed by atoms with Crippen LogP contribution in [0.5, 0.6) is 11.5 Å². The highest BCUT2D eigenvalue weighted by atomic mass is 19.3. The van der Waals surface area contributed by atoms with Gasteiger partial charge in [-0.05, 0) is 56.5 Å². The zero-order valence-electron chi connectivity index (χ0n) is 22.6. The first-order chi connectivity index (χ1) is 17.9. The maximum Gasteiger partial charge on any atom is 0.415 e. The molecule has 10 heteroatoms. The van der Waals surface area contributed by atoms with Gasteiger partial charge in [0.2, 0.25) is 0 Å². The third kappa shape index (κ3) is 10.6. The number of aliphatic carboxylic acids is 1. The molecule has 0 aliphatic heterocycles. The summed E-state index contributed by atoms with van der Waals surface area (Å²) in [6.07, 6.45) is -1.35. The molecular formula is C28H37F2NO7. The topological polar surface area (TPSA) is 94.5 Å². The first-order valence-electron chi connectivity index (χ1n) is 12.5. The zero-order valence-corrected chi connectivity index (χ0v) is 22.6. The Morgan fingerprint density at radius 3 is 2.18 bits per heavy atom. The number of nitrogens with zero attached hydrogens (tertiary/aromatic N) is 1. The number of carbonyl (C=O) groups is 2. The predicted molar refractivity (Wildman–Crippen MR) is 138 cm³/mol. The first-order valence-corrected chi connectivity index (χ1v) is 12.5. The fourth-order valence-electron chi connectivity index (χ4n) is 3.83. The Balaban J connectivity index is 2.00. The number of alkyl halides is 2. The van der Waals surface area contributed by atoms with E-state index in [1.807, 2.05) is 32.9 Å². The number of hydrogen-bond donors (Lipinski definition) is 1. The van der Waals surface area contributed by atoms with Crippen LogP contribution in [-0.4, -0.2) is 73.6 Å². The van der Waals surface area contributed by atoms with E-state index in [-0.39, 0.29) is 32.7 Å². The number of carboxylic acids is 1. The molecule has 210 valence electrons. The Morgan fingerprint density at radius 2 is 1.63 bits per heavy atom. The van der Waals surface area contributed by atoms with E-state index in [1.54, 1.807) is 31.2 Å². The lowest BCUT2D eigenvalue weighted by atomic mass is 10.1. The largest absolute Gasteiger partial charge is 0.492 e. The quantitative estimate of drug-likeness (QED) is 0.312. The number of rotatable bonds is 15. The summed E-state index contributed by atoms with van der Waals surface area (Å²) in [6.45, 7) is 7.87. The molecule has 1 atom stereocenters. The Labute approximate surface area is 222 Å². The zero-order chi connectivity index (χ0) is 28.3. The van der Waals surface area contributed by atoms with Gasteiger partial charge in [-0.1, -0.05) is 29.8 Å². The molecule has 1 N–H and O–H groups in total. The van der Waals surface area contributed by atoms with Crippen LogP contribution in [0.1, 0.15) is 36.1 Å². The lowest BCUT2D eigenvalue weighted by Gasteiger charge is -2.23. The van der Waals surface area contributed by atoms with E-state index in [0.29, 0.717) is 18.1 Å². The van der Waals surface area contributed by atoms with Gasteiger partial charge in [0.1, 0.15) is 24.7 Å². The molecule has 0 fully saturated rings. The molecular weight excluding hydrogens is 500 g/mol. The van der Waals surface area contributed by atoms with Crippen LogP contribution in [0.4, 0.5) is 13.6 Å². The van der Waals surface area contributed by atoms with Crippen LogP contribution >= 0.6 is 0 Å². The Kier molecular flexibility index (Phi) is 11.9. The molecule has 8 nitrogen and oxygen atoms in total. The summed E-state index contributed by atoms with van der Waals surface area (Å²) < 4.78 is 47.9. The standard InChI is InChI=1S/C28H37F2NO7/c1-6-36-24(26(32)33)17-22-7-9-23(10-8-22)37-14-12-31(11-13-35-18-28(5,29)30)27(34)38-25-20(3)15-19(2)16-21(25)4/h7-10,15-16,24H,6,11-14,17-18H2,1-5H3,(H,32,33). The van der Waals surface area contributed by atoms with Crippen molar-refractivity contribution in [2.45, 2.75) is 53.1 Å². The third-order valence-corrected chi connectivity index (χ3v) is 5.53. The van der Waals surface area contributed by atoms with Crippen molar-refractivity contribution in [3.63, 3.8) is 0 Å². The van der Waals surface area contributed by atoms with E-state index in [1.165, 1.54) is 4.90 Å². The highest BCUT2D eigenvalue weighted by Gasteiger charge is 2.23. The van der Waals surface area contributed by atoms with Crippen LogP contribution < -0.4 is 9.47 Å². The van der Waals surface area contributed by atoms with Gasteiger partial charge in [0.05, 0.1) is 13.2 Å². The molecule has 0 aliphatic carbocycles. The summed E-state index contributed by atoms with van der Waals surface area (Å²) in [4.78, 5) is 25.6. The maximum absolute atomic E-state index is 13.1. The fraction of sp³-hybridized carbons (Fsp3) is 0.500. The van der Waals surface area contributed by atoms with Crippen LogP contribution in [-0.2, 0) is 20.7 Å². The minimum absolute atomic E-state index is 0.0369. The Hall–Kier alpha value is -3.24. The van der Waals surface area contributed by atoms with E-state index in [9.17, 15) is 23.5 Å². The molecule has 1 amide bonds. The van der Waals surface area contributed by atoms with Crippen LogP contribution in [0.25, 0.3) is 0 Å². The van der Waals surface area contributed by atoms with E-state index in [4.69, 9.17) is 18.9 Å². The lowest BCUT2D eigenvalue weighted by Crippen LogP contribution is -2.39. The highest BCUT2D eigenvalue weighted by molar-refractivity contribution is 5.73. The molecule has 0 bridgehead atoms. The van der Waals surface area contributed by atoms with Crippen LogP contribution in [0.3, 0.4) is 0 Å². The van der Waals surface area contributed by atoms with Crippen molar-refractivity contribution >= 4 is 12.1 Å². The van der Waals surface area contributed by atoms with Gasteiger partial charge in [0, 0.05) is 26.5 Å². The average Bonchev–Trinajstić information content (AvgIpc) is 2.82. The highest BCUT2D eigenvalue weighted by Crippen LogP contribution is 2.25. The van der Waals surface area contributed by atoms with Crippen molar-refractivity contribution in [2.75, 3.05) is 39.5 Å². The summed E-state index contributed by atoms with van der Waals surface area (Å²) in [5.41, 5.74) is 3.44. The van der Waals surface area contributed by atoms with Gasteiger partial charge in [0.25, 0.3) is 5.92 Å². The molecule has 0 aliphatic rings. The van der Waals surface area contributed by atoms with Crippen LogP contribution in [0.2, 0.25) is 0 Å². The molecule has 0 spiro atoms. The second-order valence-electron chi connectivity index (χ2n) is 9.18. The molecule has 2 rings (SSSR count). The molecule has 2 aromatic rings. The van der Waals surface area contributed by atoms with Crippen molar-refractivity contribution in [1.82, 2.24) is 4.90 Å². The summed E-state index contributed by atoms with van der Waals surface area (Å²) >= 11 is 0. The van der Waals surface area contributed by atoms with Crippen LogP contribution in [0.15, 0.2) is 36.4 Å². The van der Waals surface area contributed by atoms with Crippen molar-refractivity contribution < 1.29 is 42.4 Å².